The van der Waals surface area contributed by atoms with E-state index in [9.17, 15) is 28.6 Å². The Bertz CT molecular complexity index is 1290. The highest BCUT2D eigenvalue weighted by atomic mass is 19.2. The van der Waals surface area contributed by atoms with Crippen LogP contribution >= 0.6 is 0 Å². The maximum Gasteiger partial charge on any atom is 0.319 e. The molecule has 2 aromatic rings. The van der Waals surface area contributed by atoms with E-state index in [1.54, 1.807) is 26.8 Å². The third-order valence-electron chi connectivity index (χ3n) is 7.54. The Kier molecular flexibility index (Phi) is 8.49. The number of aliphatic hydroxyl groups is 2. The molecule has 0 spiro atoms. The van der Waals surface area contributed by atoms with Gasteiger partial charge in [0.2, 0.25) is 0 Å². The summed E-state index contributed by atoms with van der Waals surface area (Å²) in [5.74, 6) is -2.57. The number of aliphatic hydroxyl groups excluding tert-OH is 1. The van der Waals surface area contributed by atoms with Gasteiger partial charge in [-0.15, -0.1) is 0 Å². The van der Waals surface area contributed by atoms with Gasteiger partial charge in [0.1, 0.15) is 5.69 Å². The van der Waals surface area contributed by atoms with Crippen molar-refractivity contribution in [2.75, 3.05) is 25.1 Å². The summed E-state index contributed by atoms with van der Waals surface area (Å²) in [4.78, 5) is 30.8. The van der Waals surface area contributed by atoms with E-state index in [2.05, 4.69) is 20.9 Å². The summed E-state index contributed by atoms with van der Waals surface area (Å²) in [5.41, 5.74) is 0.734. The predicted octanol–water partition coefficient (Wildman–Crippen LogP) is 3.97. The van der Waals surface area contributed by atoms with Gasteiger partial charge in [-0.2, -0.15) is 0 Å². The SMILES string of the molecule is Cc1cc(NC(=O)N[C@@H]2c3cc(F)c(F)cc3C(C)(C)C[C@H]2O)c(C2CCOCC2)nc1C(=O)NCC(C)(C)O. The van der Waals surface area contributed by atoms with Crippen molar-refractivity contribution < 1.29 is 33.3 Å². The van der Waals surface area contributed by atoms with Crippen LogP contribution in [0.3, 0.4) is 0 Å². The highest BCUT2D eigenvalue weighted by Gasteiger charge is 2.40. The van der Waals surface area contributed by atoms with Crippen LogP contribution in [0.5, 0.6) is 0 Å². The summed E-state index contributed by atoms with van der Waals surface area (Å²) >= 11 is 0. The van der Waals surface area contributed by atoms with Gasteiger partial charge in [0.25, 0.3) is 5.91 Å². The molecule has 11 heteroatoms. The molecule has 4 rings (SSSR count). The first-order chi connectivity index (χ1) is 18.7. The van der Waals surface area contributed by atoms with Crippen LogP contribution in [0.1, 0.15) is 91.8 Å². The minimum absolute atomic E-state index is 0.0362. The second kappa shape index (κ2) is 11.4. The van der Waals surface area contributed by atoms with Crippen molar-refractivity contribution in [3.8, 4) is 0 Å². The van der Waals surface area contributed by atoms with Crippen LogP contribution in [-0.4, -0.2) is 58.6 Å². The number of amides is 3. The number of rotatable bonds is 6. The lowest BCUT2D eigenvalue weighted by atomic mass is 9.69. The van der Waals surface area contributed by atoms with Gasteiger partial charge in [0, 0.05) is 25.7 Å². The van der Waals surface area contributed by atoms with Crippen LogP contribution in [0.15, 0.2) is 18.2 Å². The first kappa shape index (κ1) is 29.8. The van der Waals surface area contributed by atoms with Gasteiger partial charge in [-0.25, -0.2) is 18.6 Å². The van der Waals surface area contributed by atoms with E-state index in [-0.39, 0.29) is 24.6 Å². The zero-order valence-corrected chi connectivity index (χ0v) is 23.5. The maximum absolute atomic E-state index is 14.2. The number of carbonyl (C=O) groups is 2. The number of ether oxygens (including phenoxy) is 1. The monoisotopic (exact) mass is 560 g/mol. The minimum atomic E-state index is -1.10. The van der Waals surface area contributed by atoms with Crippen molar-refractivity contribution in [1.29, 1.82) is 0 Å². The van der Waals surface area contributed by atoms with Crippen molar-refractivity contribution in [1.82, 2.24) is 15.6 Å². The van der Waals surface area contributed by atoms with E-state index in [1.807, 2.05) is 13.8 Å². The molecule has 1 aliphatic heterocycles. The van der Waals surface area contributed by atoms with Crippen molar-refractivity contribution in [2.24, 2.45) is 0 Å². The van der Waals surface area contributed by atoms with Gasteiger partial charge in [0.05, 0.1) is 29.1 Å². The lowest BCUT2D eigenvalue weighted by Gasteiger charge is -2.40. The molecule has 2 atom stereocenters. The fraction of sp³-hybridized carbons (Fsp3) is 0.552. The molecule has 1 fully saturated rings. The molecule has 218 valence electrons. The van der Waals surface area contributed by atoms with Gasteiger partial charge in [-0.3, -0.25) is 4.79 Å². The Morgan fingerprint density at radius 1 is 1.15 bits per heavy atom. The van der Waals surface area contributed by atoms with Gasteiger partial charge in [0.15, 0.2) is 11.6 Å². The standard InChI is InChI=1S/C29H38F2N4O5/c1-15-10-21(24(16-6-8-40-9-7-16)34-23(15)26(37)32-14-29(4,5)39)33-27(38)35-25-17-11-19(30)20(31)12-18(17)28(2,3)13-22(25)36/h10-12,16,22,25,36,39H,6-9,13-14H2,1-5H3,(H,32,37)(H2,33,35,38)/t22-,25-/m1/s1. The summed E-state index contributed by atoms with van der Waals surface area (Å²) in [7, 11) is 0. The van der Waals surface area contributed by atoms with Crippen molar-refractivity contribution in [3.63, 3.8) is 0 Å². The summed E-state index contributed by atoms with van der Waals surface area (Å²) < 4.78 is 33.8. The van der Waals surface area contributed by atoms with Gasteiger partial charge >= 0.3 is 6.03 Å². The average Bonchev–Trinajstić information content (AvgIpc) is 2.86. The summed E-state index contributed by atoms with van der Waals surface area (Å²) in [6.45, 7) is 9.58. The Hall–Kier alpha value is -3.15. The fourth-order valence-corrected chi connectivity index (χ4v) is 5.46. The van der Waals surface area contributed by atoms with E-state index in [0.29, 0.717) is 54.1 Å². The second-order valence-electron chi connectivity index (χ2n) is 12.1. The fourth-order valence-electron chi connectivity index (χ4n) is 5.46. The van der Waals surface area contributed by atoms with Crippen LogP contribution in [0.25, 0.3) is 0 Å². The number of halogens is 2. The van der Waals surface area contributed by atoms with Gasteiger partial charge in [-0.1, -0.05) is 13.8 Å². The van der Waals surface area contributed by atoms with Crippen molar-refractivity contribution in [3.05, 3.63) is 57.9 Å². The Morgan fingerprint density at radius 2 is 1.80 bits per heavy atom. The highest BCUT2D eigenvalue weighted by Crippen LogP contribution is 2.42. The first-order valence-electron chi connectivity index (χ1n) is 13.5. The molecule has 1 saturated heterocycles. The van der Waals surface area contributed by atoms with E-state index >= 15 is 0 Å². The summed E-state index contributed by atoms with van der Waals surface area (Å²) in [5, 5.41) is 29.1. The van der Waals surface area contributed by atoms with Crippen LogP contribution < -0.4 is 16.0 Å². The molecule has 0 saturated carbocycles. The second-order valence-corrected chi connectivity index (χ2v) is 12.1. The molecular formula is C29H38F2N4O5. The number of fused-ring (bicyclic) bond motifs is 1. The van der Waals surface area contributed by atoms with E-state index in [1.165, 1.54) is 0 Å². The van der Waals surface area contributed by atoms with Crippen LogP contribution in [0.2, 0.25) is 0 Å². The molecule has 0 radical (unpaired) electrons. The smallest absolute Gasteiger partial charge is 0.319 e. The number of urea groups is 1. The number of hydrogen-bond donors (Lipinski definition) is 5. The number of pyridine rings is 1. The van der Waals surface area contributed by atoms with Gasteiger partial charge < -0.3 is 30.9 Å². The summed E-state index contributed by atoms with van der Waals surface area (Å²) in [6, 6.07) is 2.19. The summed E-state index contributed by atoms with van der Waals surface area (Å²) in [6.07, 6.45) is 0.491. The minimum Gasteiger partial charge on any atom is -0.391 e. The molecule has 40 heavy (non-hydrogen) atoms. The molecule has 9 nitrogen and oxygen atoms in total. The molecule has 3 amide bonds. The largest absolute Gasteiger partial charge is 0.391 e. The number of aromatic nitrogens is 1. The molecule has 1 aromatic heterocycles. The van der Waals surface area contributed by atoms with E-state index in [4.69, 9.17) is 4.74 Å². The van der Waals surface area contributed by atoms with Crippen molar-refractivity contribution in [2.45, 2.75) is 83.0 Å². The first-order valence-corrected chi connectivity index (χ1v) is 13.5. The number of hydrogen-bond acceptors (Lipinski definition) is 6. The predicted molar refractivity (Wildman–Crippen MR) is 145 cm³/mol. The van der Waals surface area contributed by atoms with E-state index < -0.39 is 46.7 Å². The van der Waals surface area contributed by atoms with Crippen LogP contribution in [-0.2, 0) is 10.2 Å². The molecule has 2 heterocycles. The number of nitrogens with one attached hydrogen (secondary N) is 3. The molecule has 0 unspecified atom stereocenters. The zero-order valence-electron chi connectivity index (χ0n) is 23.5. The number of anilines is 1. The Balaban J connectivity index is 1.62. The third-order valence-corrected chi connectivity index (χ3v) is 7.54. The van der Waals surface area contributed by atoms with Crippen LogP contribution in [0, 0.1) is 18.6 Å². The van der Waals surface area contributed by atoms with Crippen molar-refractivity contribution >= 4 is 17.6 Å². The lowest BCUT2D eigenvalue weighted by Crippen LogP contribution is -2.45. The zero-order chi connectivity index (χ0) is 29.4. The number of nitrogens with zero attached hydrogens (tertiary/aromatic N) is 1. The molecule has 2 aliphatic rings. The molecule has 5 N–H and O–H groups in total. The Labute approximate surface area is 232 Å². The number of aryl methyl sites for hydroxylation is 1. The molecule has 1 aliphatic carbocycles. The number of carbonyl (C=O) groups excluding carboxylic acids is 2. The third kappa shape index (κ3) is 6.59. The highest BCUT2D eigenvalue weighted by molar-refractivity contribution is 5.95. The van der Waals surface area contributed by atoms with Gasteiger partial charge in [-0.05, 0) is 80.3 Å². The quantitative estimate of drug-likeness (QED) is 0.363. The topological polar surface area (TPSA) is 133 Å². The average molecular weight is 561 g/mol. The molecular weight excluding hydrogens is 522 g/mol. The van der Waals surface area contributed by atoms with Crippen LogP contribution in [0.4, 0.5) is 19.3 Å². The lowest BCUT2D eigenvalue weighted by molar-refractivity contribution is 0.0690. The number of benzene rings is 1. The molecule has 1 aromatic carbocycles. The Morgan fingerprint density at radius 3 is 2.45 bits per heavy atom. The normalized spacial score (nSPS) is 20.9. The molecule has 0 bridgehead atoms. The maximum atomic E-state index is 14.2. The van der Waals surface area contributed by atoms with E-state index in [0.717, 1.165) is 12.1 Å².